The number of ketones is 2. The molecule has 5 aliphatic rings. The SMILES string of the molecule is C[C@@H]1C[C@H]2[C@@H]3CCC4=CC(=O)C=C[C@]4(C)[C@@]3(F)[C@@H](O)C[C@]2(C)[C@@]1(O)C(=O)COC(=O)CCCCC(=O)NC1CCCC1. The Morgan fingerprint density at radius 3 is 2.50 bits per heavy atom. The standard InChI is InChI=1S/C33H46FNO7/c1-20-16-25-24-13-12-21-17-23(36)14-15-30(21,2)32(24,34)26(37)18-31(25,3)33(20,41)27(38)19-42-29(40)11-7-6-10-28(39)35-22-8-4-5-9-22/h14-15,17,20,22,24-26,37,41H,4-13,16,18-19H2,1-3H3,(H,35,39)/t20-,24+,25+,26+,30+,31+,32+,33+/m1/s1. The van der Waals surface area contributed by atoms with Crippen molar-refractivity contribution in [3.63, 3.8) is 0 Å². The van der Waals surface area contributed by atoms with Crippen molar-refractivity contribution >= 4 is 23.4 Å². The van der Waals surface area contributed by atoms with Gasteiger partial charge in [0.25, 0.3) is 0 Å². The second kappa shape index (κ2) is 11.3. The first-order valence-electron chi connectivity index (χ1n) is 15.8. The monoisotopic (exact) mass is 587 g/mol. The van der Waals surface area contributed by atoms with Gasteiger partial charge in [-0.3, -0.25) is 19.2 Å². The summed E-state index contributed by atoms with van der Waals surface area (Å²) in [5.74, 6) is -2.93. The van der Waals surface area contributed by atoms with E-state index in [9.17, 15) is 29.4 Å². The number of allylic oxidation sites excluding steroid dienone is 4. The molecule has 42 heavy (non-hydrogen) atoms. The lowest BCUT2D eigenvalue weighted by Gasteiger charge is -2.62. The van der Waals surface area contributed by atoms with Crippen LogP contribution in [0.4, 0.5) is 4.39 Å². The lowest BCUT2D eigenvalue weighted by Crippen LogP contribution is -2.69. The zero-order valence-corrected chi connectivity index (χ0v) is 25.1. The van der Waals surface area contributed by atoms with E-state index in [0.717, 1.165) is 25.7 Å². The van der Waals surface area contributed by atoms with Crippen molar-refractivity contribution in [2.45, 2.75) is 121 Å². The highest BCUT2D eigenvalue weighted by Crippen LogP contribution is 2.70. The van der Waals surface area contributed by atoms with Gasteiger partial charge in [0.05, 0.1) is 6.10 Å². The smallest absolute Gasteiger partial charge is 0.306 e. The summed E-state index contributed by atoms with van der Waals surface area (Å²) >= 11 is 0. The van der Waals surface area contributed by atoms with Gasteiger partial charge in [-0.25, -0.2) is 4.39 Å². The number of amides is 1. The normalized spacial score (nSPS) is 41.0. The summed E-state index contributed by atoms with van der Waals surface area (Å²) in [7, 11) is 0. The van der Waals surface area contributed by atoms with Crippen LogP contribution in [-0.2, 0) is 23.9 Å². The molecular formula is C33H46FNO7. The fourth-order valence-electron chi connectivity index (χ4n) is 9.39. The number of nitrogens with one attached hydrogen (secondary N) is 1. The summed E-state index contributed by atoms with van der Waals surface area (Å²) in [6.07, 6.45) is 9.84. The largest absolute Gasteiger partial charge is 0.458 e. The Balaban J connectivity index is 1.20. The van der Waals surface area contributed by atoms with Crippen LogP contribution in [0.25, 0.3) is 0 Å². The number of carbonyl (C=O) groups is 4. The molecule has 5 rings (SSSR count). The summed E-state index contributed by atoms with van der Waals surface area (Å²) in [4.78, 5) is 50.1. The predicted molar refractivity (Wildman–Crippen MR) is 153 cm³/mol. The maximum atomic E-state index is 17.3. The molecule has 0 unspecified atom stereocenters. The van der Waals surface area contributed by atoms with Gasteiger partial charge in [-0.1, -0.05) is 38.3 Å². The van der Waals surface area contributed by atoms with Crippen LogP contribution < -0.4 is 5.32 Å². The van der Waals surface area contributed by atoms with E-state index in [-0.39, 0.29) is 36.5 Å². The van der Waals surface area contributed by atoms with E-state index in [1.54, 1.807) is 26.8 Å². The van der Waals surface area contributed by atoms with Crippen LogP contribution in [0.1, 0.15) is 97.8 Å². The van der Waals surface area contributed by atoms with Crippen LogP contribution in [-0.4, -0.2) is 63.7 Å². The van der Waals surface area contributed by atoms with Gasteiger partial charge in [-0.15, -0.1) is 0 Å². The molecule has 4 saturated carbocycles. The number of hydrogen-bond acceptors (Lipinski definition) is 7. The van der Waals surface area contributed by atoms with E-state index in [1.165, 1.54) is 12.2 Å². The number of aliphatic hydroxyl groups is 2. The first-order valence-corrected chi connectivity index (χ1v) is 15.8. The van der Waals surface area contributed by atoms with Crippen molar-refractivity contribution in [1.29, 1.82) is 0 Å². The Labute approximate surface area is 247 Å². The molecule has 0 aromatic rings. The molecule has 0 aliphatic heterocycles. The van der Waals surface area contributed by atoms with E-state index in [0.29, 0.717) is 44.1 Å². The van der Waals surface area contributed by atoms with Gasteiger partial charge in [-0.05, 0) is 82.3 Å². The number of carbonyl (C=O) groups excluding carboxylic acids is 4. The first-order chi connectivity index (χ1) is 19.8. The summed E-state index contributed by atoms with van der Waals surface area (Å²) in [5.41, 5.74) is -5.53. The lowest BCUT2D eigenvalue weighted by atomic mass is 9.44. The van der Waals surface area contributed by atoms with Crippen molar-refractivity contribution in [3.05, 3.63) is 23.8 Å². The number of unbranched alkanes of at least 4 members (excludes halogenated alkanes) is 1. The highest BCUT2D eigenvalue weighted by atomic mass is 19.1. The summed E-state index contributed by atoms with van der Waals surface area (Å²) in [6, 6.07) is 0.260. The Morgan fingerprint density at radius 2 is 1.79 bits per heavy atom. The molecule has 5 aliphatic carbocycles. The van der Waals surface area contributed by atoms with Crippen LogP contribution >= 0.6 is 0 Å². The highest BCUT2D eigenvalue weighted by molar-refractivity contribution is 6.01. The van der Waals surface area contributed by atoms with Crippen molar-refractivity contribution in [3.8, 4) is 0 Å². The Bertz CT molecular complexity index is 1190. The third kappa shape index (κ3) is 4.79. The van der Waals surface area contributed by atoms with Crippen LogP contribution in [0.2, 0.25) is 0 Å². The molecule has 9 heteroatoms. The van der Waals surface area contributed by atoms with Crippen molar-refractivity contribution < 1.29 is 38.5 Å². The number of Topliss-reactive ketones (excluding diaryl/α,β-unsaturated/α-hetero) is 1. The average Bonchev–Trinajstić information content (AvgIpc) is 3.52. The average molecular weight is 588 g/mol. The third-order valence-corrected chi connectivity index (χ3v) is 11.8. The van der Waals surface area contributed by atoms with Gasteiger partial charge in [0.2, 0.25) is 11.7 Å². The fourth-order valence-corrected chi connectivity index (χ4v) is 9.39. The summed E-state index contributed by atoms with van der Waals surface area (Å²) < 4.78 is 22.6. The number of halogens is 1. The molecule has 0 aromatic carbocycles. The molecule has 232 valence electrons. The molecule has 1 amide bonds. The molecule has 8 nitrogen and oxygen atoms in total. The number of aliphatic hydroxyl groups excluding tert-OH is 1. The zero-order valence-electron chi connectivity index (χ0n) is 25.1. The van der Waals surface area contributed by atoms with E-state index in [4.69, 9.17) is 4.74 Å². The summed E-state index contributed by atoms with van der Waals surface area (Å²) in [6.45, 7) is 4.66. The van der Waals surface area contributed by atoms with Crippen LogP contribution in [0.5, 0.6) is 0 Å². The second-order valence-electron chi connectivity index (χ2n) is 14.0. The van der Waals surface area contributed by atoms with Crippen LogP contribution in [0.15, 0.2) is 23.8 Å². The van der Waals surface area contributed by atoms with E-state index < -0.39 is 58.4 Å². The van der Waals surface area contributed by atoms with Gasteiger partial charge >= 0.3 is 5.97 Å². The molecule has 0 heterocycles. The molecular weight excluding hydrogens is 541 g/mol. The zero-order chi connectivity index (χ0) is 30.5. The van der Waals surface area contributed by atoms with Crippen molar-refractivity contribution in [1.82, 2.24) is 5.32 Å². The molecule has 0 radical (unpaired) electrons. The van der Waals surface area contributed by atoms with Gasteiger partial charge < -0.3 is 20.3 Å². The van der Waals surface area contributed by atoms with Crippen LogP contribution in [0, 0.1) is 28.6 Å². The number of alkyl halides is 1. The summed E-state index contributed by atoms with van der Waals surface area (Å²) in [5, 5.41) is 26.5. The topological polar surface area (TPSA) is 130 Å². The minimum absolute atomic E-state index is 0.00939. The Morgan fingerprint density at radius 1 is 1.10 bits per heavy atom. The minimum Gasteiger partial charge on any atom is -0.458 e. The molecule has 0 spiro atoms. The third-order valence-electron chi connectivity index (χ3n) is 11.8. The van der Waals surface area contributed by atoms with Gasteiger partial charge in [0.15, 0.2) is 18.1 Å². The number of rotatable bonds is 9. The maximum Gasteiger partial charge on any atom is 0.306 e. The highest BCUT2D eigenvalue weighted by Gasteiger charge is 2.75. The van der Waals surface area contributed by atoms with Crippen molar-refractivity contribution in [2.24, 2.45) is 28.6 Å². The van der Waals surface area contributed by atoms with E-state index in [2.05, 4.69) is 5.32 Å². The van der Waals surface area contributed by atoms with E-state index >= 15 is 4.39 Å². The van der Waals surface area contributed by atoms with E-state index in [1.807, 2.05) is 0 Å². The van der Waals surface area contributed by atoms with Crippen molar-refractivity contribution in [2.75, 3.05) is 6.61 Å². The molecule has 8 atom stereocenters. The number of ether oxygens (including phenoxy) is 1. The molecule has 0 bridgehead atoms. The maximum absolute atomic E-state index is 17.3. The molecule has 0 aromatic heterocycles. The molecule has 4 fully saturated rings. The Kier molecular flexibility index (Phi) is 8.33. The van der Waals surface area contributed by atoms with Crippen LogP contribution in [0.3, 0.4) is 0 Å². The Hall–Kier alpha value is -2.39. The first kappa shape index (κ1) is 31.0. The number of hydrogen-bond donors (Lipinski definition) is 3. The fraction of sp³-hybridized carbons (Fsp3) is 0.758. The second-order valence-corrected chi connectivity index (χ2v) is 14.0. The van der Waals surface area contributed by atoms with Gasteiger partial charge in [-0.2, -0.15) is 0 Å². The molecule has 0 saturated heterocycles. The van der Waals surface area contributed by atoms with Gasteiger partial charge in [0, 0.05) is 35.6 Å². The number of esters is 1. The molecule has 3 N–H and O–H groups in total. The number of fused-ring (bicyclic) bond motifs is 5. The minimum atomic E-state index is -2.05. The predicted octanol–water partition coefficient (Wildman–Crippen LogP) is 4.07. The quantitative estimate of drug-likeness (QED) is 0.274. The van der Waals surface area contributed by atoms with Gasteiger partial charge in [0.1, 0.15) is 5.60 Å². The lowest BCUT2D eigenvalue weighted by molar-refractivity contribution is -0.220.